The summed E-state index contributed by atoms with van der Waals surface area (Å²) in [4.78, 5) is 12.5. The molecular formula is C17H20F4N2O4S. The second kappa shape index (κ2) is 6.87. The van der Waals surface area contributed by atoms with E-state index >= 15 is 0 Å². The fraction of sp³-hybridized carbons (Fsp3) is 0.588. The normalized spacial score (nSPS) is 21.9. The van der Waals surface area contributed by atoms with Crippen LogP contribution in [0.5, 0.6) is 0 Å². The molecule has 28 heavy (non-hydrogen) atoms. The molecule has 2 aliphatic rings. The molecule has 0 bridgehead atoms. The highest BCUT2D eigenvalue weighted by atomic mass is 32.2. The van der Waals surface area contributed by atoms with Gasteiger partial charge in [-0.2, -0.15) is 17.5 Å². The average Bonchev–Trinajstić information content (AvgIpc) is 3.20. The molecule has 1 aromatic carbocycles. The third-order valence-corrected chi connectivity index (χ3v) is 6.71. The zero-order valence-corrected chi connectivity index (χ0v) is 15.9. The van der Waals surface area contributed by atoms with Crippen molar-refractivity contribution in [2.75, 3.05) is 19.3 Å². The quantitative estimate of drug-likeness (QED) is 0.737. The lowest BCUT2D eigenvalue weighted by Crippen LogP contribution is -2.48. The monoisotopic (exact) mass is 424 g/mol. The molecule has 0 radical (unpaired) electrons. The van der Waals surface area contributed by atoms with Crippen LogP contribution in [-0.4, -0.2) is 54.2 Å². The lowest BCUT2D eigenvalue weighted by molar-refractivity contribution is -0.140. The molecule has 0 aromatic heterocycles. The van der Waals surface area contributed by atoms with E-state index in [1.807, 2.05) is 0 Å². The lowest BCUT2D eigenvalue weighted by Gasteiger charge is -2.34. The number of nitrogens with zero attached hydrogens (tertiary/aromatic N) is 2. The summed E-state index contributed by atoms with van der Waals surface area (Å²) in [5.74, 6) is -1.43. The molecule has 1 atom stereocenters. The zero-order valence-electron chi connectivity index (χ0n) is 15.0. The minimum atomic E-state index is -4.91. The molecule has 1 N–H and O–H groups in total. The predicted molar refractivity (Wildman–Crippen MR) is 91.6 cm³/mol. The number of sulfonamides is 1. The Labute approximate surface area is 159 Å². The summed E-state index contributed by atoms with van der Waals surface area (Å²) in [5, 5.41) is 9.28. The van der Waals surface area contributed by atoms with Crippen LogP contribution in [0.4, 0.5) is 22.4 Å². The second-order valence-corrected chi connectivity index (χ2v) is 9.20. The minimum Gasteiger partial charge on any atom is -0.465 e. The molecule has 1 amide bonds. The maximum Gasteiger partial charge on any atom is 0.419 e. The first-order chi connectivity index (χ1) is 12.9. The van der Waals surface area contributed by atoms with Crippen LogP contribution in [0.3, 0.4) is 0 Å². The van der Waals surface area contributed by atoms with Crippen molar-refractivity contribution in [3.8, 4) is 0 Å². The van der Waals surface area contributed by atoms with Crippen molar-refractivity contribution in [3.05, 3.63) is 35.1 Å². The molecule has 3 rings (SSSR count). The summed E-state index contributed by atoms with van der Waals surface area (Å²) >= 11 is 0. The van der Waals surface area contributed by atoms with Crippen LogP contribution in [-0.2, 0) is 21.7 Å². The van der Waals surface area contributed by atoms with Crippen molar-refractivity contribution in [1.82, 2.24) is 9.21 Å². The summed E-state index contributed by atoms with van der Waals surface area (Å²) in [6, 6.07) is 1.94. The van der Waals surface area contributed by atoms with Crippen molar-refractivity contribution < 1.29 is 35.9 Å². The van der Waals surface area contributed by atoms with Crippen molar-refractivity contribution >= 4 is 16.1 Å². The third kappa shape index (κ3) is 3.82. The van der Waals surface area contributed by atoms with Crippen LogP contribution in [0.15, 0.2) is 18.2 Å². The average molecular weight is 424 g/mol. The Morgan fingerprint density at radius 1 is 1.36 bits per heavy atom. The highest BCUT2D eigenvalue weighted by Gasteiger charge is 2.55. The Morgan fingerprint density at radius 2 is 2.00 bits per heavy atom. The molecule has 0 spiro atoms. The van der Waals surface area contributed by atoms with Crippen LogP contribution in [0.2, 0.25) is 0 Å². The number of carbonyl (C=O) groups is 1. The molecule has 1 aliphatic carbocycles. The van der Waals surface area contributed by atoms with Crippen LogP contribution in [0.25, 0.3) is 0 Å². The number of likely N-dealkylation sites (tertiary alicyclic amines) is 1. The van der Waals surface area contributed by atoms with Gasteiger partial charge in [0.25, 0.3) is 0 Å². The first-order valence-electron chi connectivity index (χ1n) is 8.71. The standard InChI is InChI=1S/C17H20F4N2O4S/c1-28(26,27)23(10-12-3-2-8-22(12)15(24)25)16(6-7-16)11-4-5-14(18)13(9-11)17(19,20)21/h4-5,9,12H,2-3,6-8,10H2,1H3,(H,24,25)/t12-/m0/s1. The molecule has 1 aromatic rings. The molecule has 1 heterocycles. The Balaban J connectivity index is 1.99. The van der Waals surface area contributed by atoms with Gasteiger partial charge in [-0.3, -0.25) is 0 Å². The smallest absolute Gasteiger partial charge is 0.419 e. The summed E-state index contributed by atoms with van der Waals surface area (Å²) in [6.45, 7) is 0.128. The van der Waals surface area contributed by atoms with E-state index in [2.05, 4.69) is 0 Å². The van der Waals surface area contributed by atoms with E-state index in [-0.39, 0.29) is 31.5 Å². The Bertz CT molecular complexity index is 884. The lowest BCUT2D eigenvalue weighted by atomic mass is 10.0. The van der Waals surface area contributed by atoms with Crippen molar-refractivity contribution in [3.63, 3.8) is 0 Å². The van der Waals surface area contributed by atoms with Crippen LogP contribution in [0.1, 0.15) is 36.8 Å². The molecule has 156 valence electrons. The summed E-state index contributed by atoms with van der Waals surface area (Å²) < 4.78 is 79.0. The van der Waals surface area contributed by atoms with E-state index in [0.29, 0.717) is 25.0 Å². The van der Waals surface area contributed by atoms with Crippen molar-refractivity contribution in [2.45, 2.75) is 43.4 Å². The van der Waals surface area contributed by atoms with Gasteiger partial charge in [-0.05, 0) is 43.4 Å². The molecule has 6 nitrogen and oxygen atoms in total. The van der Waals surface area contributed by atoms with Crippen LogP contribution in [0, 0.1) is 5.82 Å². The van der Waals surface area contributed by atoms with Crippen molar-refractivity contribution in [1.29, 1.82) is 0 Å². The third-order valence-electron chi connectivity index (χ3n) is 5.41. The van der Waals surface area contributed by atoms with Crippen molar-refractivity contribution in [2.24, 2.45) is 0 Å². The Hall–Kier alpha value is -1.88. The molecule has 0 unspecified atom stereocenters. The summed E-state index contributed by atoms with van der Waals surface area (Å²) in [7, 11) is -3.86. The fourth-order valence-electron chi connectivity index (χ4n) is 3.93. The van der Waals surface area contributed by atoms with Crippen LogP contribution < -0.4 is 0 Å². The van der Waals surface area contributed by atoms with Gasteiger partial charge in [0.15, 0.2) is 0 Å². The van der Waals surface area contributed by atoms with E-state index in [1.165, 1.54) is 6.07 Å². The first-order valence-corrected chi connectivity index (χ1v) is 10.6. The van der Waals surface area contributed by atoms with Gasteiger partial charge in [0.05, 0.1) is 17.4 Å². The topological polar surface area (TPSA) is 77.9 Å². The van der Waals surface area contributed by atoms with Gasteiger partial charge < -0.3 is 10.0 Å². The van der Waals surface area contributed by atoms with E-state index < -0.39 is 45.3 Å². The number of hydrogen-bond acceptors (Lipinski definition) is 3. The maximum atomic E-state index is 13.7. The van der Waals surface area contributed by atoms with Gasteiger partial charge in [0.2, 0.25) is 10.0 Å². The summed E-state index contributed by atoms with van der Waals surface area (Å²) in [6.07, 6.45) is -3.52. The maximum absolute atomic E-state index is 13.7. The SMILES string of the molecule is CS(=O)(=O)N(C[C@@H]1CCCN1C(=O)O)C1(c2ccc(F)c(C(F)(F)F)c2)CC1. The van der Waals surface area contributed by atoms with Gasteiger partial charge in [0, 0.05) is 19.1 Å². The van der Waals surface area contributed by atoms with E-state index in [0.717, 1.165) is 15.5 Å². The number of halogens is 4. The predicted octanol–water partition coefficient (Wildman–Crippen LogP) is 3.24. The van der Waals surface area contributed by atoms with Gasteiger partial charge in [-0.15, -0.1) is 0 Å². The molecular weight excluding hydrogens is 404 g/mol. The van der Waals surface area contributed by atoms with E-state index in [1.54, 1.807) is 0 Å². The number of hydrogen-bond donors (Lipinski definition) is 1. The van der Waals surface area contributed by atoms with Gasteiger partial charge in [0.1, 0.15) is 5.82 Å². The summed E-state index contributed by atoms with van der Waals surface area (Å²) in [5.41, 5.74) is -2.60. The minimum absolute atomic E-state index is 0.0616. The molecule has 2 fully saturated rings. The second-order valence-electron chi connectivity index (χ2n) is 7.29. The number of amides is 1. The van der Waals surface area contributed by atoms with Crippen LogP contribution >= 0.6 is 0 Å². The first kappa shape index (κ1) is 20.8. The highest BCUT2D eigenvalue weighted by Crippen LogP contribution is 2.53. The van der Waals surface area contributed by atoms with E-state index in [4.69, 9.17) is 0 Å². The molecule has 1 saturated heterocycles. The van der Waals surface area contributed by atoms with Gasteiger partial charge in [-0.25, -0.2) is 17.6 Å². The fourth-order valence-corrected chi connectivity index (χ4v) is 5.29. The van der Waals surface area contributed by atoms with Gasteiger partial charge >= 0.3 is 12.3 Å². The van der Waals surface area contributed by atoms with Gasteiger partial charge in [-0.1, -0.05) is 6.07 Å². The van der Waals surface area contributed by atoms with E-state index in [9.17, 15) is 35.9 Å². The molecule has 1 saturated carbocycles. The Morgan fingerprint density at radius 3 is 2.50 bits per heavy atom. The Kier molecular flexibility index (Phi) is 5.11. The number of rotatable bonds is 5. The molecule has 11 heteroatoms. The number of benzene rings is 1. The number of carboxylic acid groups (broad SMARTS) is 1. The molecule has 1 aliphatic heterocycles. The largest absolute Gasteiger partial charge is 0.465 e. The highest BCUT2D eigenvalue weighted by molar-refractivity contribution is 7.88. The number of alkyl halides is 3. The zero-order chi connectivity index (χ0) is 20.9.